The summed E-state index contributed by atoms with van der Waals surface area (Å²) in [4.78, 5) is 37.8. The highest BCUT2D eigenvalue weighted by molar-refractivity contribution is 7.12. The molecule has 3 rings (SSSR count). The van der Waals surface area contributed by atoms with Crippen molar-refractivity contribution in [2.24, 2.45) is 0 Å². The van der Waals surface area contributed by atoms with Crippen molar-refractivity contribution in [3.05, 3.63) is 69.4 Å². The Kier molecular flexibility index (Phi) is 7.68. The van der Waals surface area contributed by atoms with Gasteiger partial charge < -0.3 is 24.3 Å². The smallest absolute Gasteiger partial charge is 0.340 e. The van der Waals surface area contributed by atoms with Gasteiger partial charge in [0.2, 0.25) is 0 Å². The summed E-state index contributed by atoms with van der Waals surface area (Å²) in [6.07, 6.45) is 0. The number of anilines is 1. The van der Waals surface area contributed by atoms with E-state index in [0.717, 1.165) is 0 Å². The van der Waals surface area contributed by atoms with Crippen LogP contribution < -0.4 is 19.5 Å². The van der Waals surface area contributed by atoms with Crippen LogP contribution in [0.2, 0.25) is 0 Å². The van der Waals surface area contributed by atoms with Crippen LogP contribution in [-0.4, -0.2) is 39.0 Å². The van der Waals surface area contributed by atoms with Gasteiger partial charge in [-0.15, -0.1) is 11.3 Å². The predicted octanol–water partition coefficient (Wildman–Crippen LogP) is 4.59. The number of esters is 1. The van der Waals surface area contributed by atoms with E-state index in [-0.39, 0.29) is 29.5 Å². The quantitative estimate of drug-likeness (QED) is 0.361. The van der Waals surface area contributed by atoms with Crippen LogP contribution in [0.4, 0.5) is 5.69 Å². The monoisotopic (exact) mass is 469 g/mol. The molecule has 1 N–H and O–H groups in total. The van der Waals surface area contributed by atoms with Crippen LogP contribution in [0.5, 0.6) is 17.2 Å². The molecule has 33 heavy (non-hydrogen) atoms. The summed E-state index contributed by atoms with van der Waals surface area (Å²) >= 11 is 1.27. The van der Waals surface area contributed by atoms with E-state index in [9.17, 15) is 14.4 Å². The summed E-state index contributed by atoms with van der Waals surface area (Å²) in [5, 5.41) is 4.51. The molecule has 0 radical (unpaired) electrons. The zero-order chi connectivity index (χ0) is 24.0. The lowest BCUT2D eigenvalue weighted by atomic mass is 10.1. The molecule has 172 valence electrons. The second kappa shape index (κ2) is 10.6. The fraction of sp³-hybridized carbons (Fsp3) is 0.208. The normalized spacial score (nSPS) is 10.3. The summed E-state index contributed by atoms with van der Waals surface area (Å²) < 4.78 is 21.4. The van der Waals surface area contributed by atoms with Crippen molar-refractivity contribution in [2.45, 2.75) is 13.5 Å². The number of rotatable bonds is 9. The van der Waals surface area contributed by atoms with Gasteiger partial charge in [0.25, 0.3) is 5.91 Å². The number of ketones is 1. The Morgan fingerprint density at radius 1 is 0.909 bits per heavy atom. The van der Waals surface area contributed by atoms with Crippen LogP contribution in [0.3, 0.4) is 0 Å². The number of Topliss-reactive ketones (excluding diaryl/α,β-unsaturated/α-hetero) is 1. The van der Waals surface area contributed by atoms with E-state index < -0.39 is 5.97 Å². The highest BCUT2D eigenvalue weighted by Gasteiger charge is 2.21. The lowest BCUT2D eigenvalue weighted by Crippen LogP contribution is -2.16. The highest BCUT2D eigenvalue weighted by Crippen LogP contribution is 2.34. The predicted molar refractivity (Wildman–Crippen MR) is 124 cm³/mol. The Labute approximate surface area is 195 Å². The zero-order valence-corrected chi connectivity index (χ0v) is 19.4. The molecular formula is C24H23NO7S. The molecule has 9 heteroatoms. The molecular weight excluding hydrogens is 446 g/mol. The zero-order valence-electron chi connectivity index (χ0n) is 18.6. The van der Waals surface area contributed by atoms with Crippen LogP contribution in [-0.2, 0) is 11.3 Å². The number of nitrogens with one attached hydrogen (secondary N) is 1. The van der Waals surface area contributed by atoms with Crippen molar-refractivity contribution in [1.29, 1.82) is 0 Å². The summed E-state index contributed by atoms with van der Waals surface area (Å²) in [5.41, 5.74) is 1.29. The first-order chi connectivity index (χ1) is 15.9. The number of hydrogen-bond acceptors (Lipinski definition) is 8. The summed E-state index contributed by atoms with van der Waals surface area (Å²) in [6, 6.07) is 11.3. The van der Waals surface area contributed by atoms with Gasteiger partial charge >= 0.3 is 5.97 Å². The molecule has 0 fully saturated rings. The van der Waals surface area contributed by atoms with Gasteiger partial charge in [0.15, 0.2) is 17.3 Å². The van der Waals surface area contributed by atoms with Crippen LogP contribution in [0.25, 0.3) is 0 Å². The summed E-state index contributed by atoms with van der Waals surface area (Å²) in [5.74, 6) is -0.0778. The first-order valence-electron chi connectivity index (χ1n) is 9.83. The Morgan fingerprint density at radius 3 is 2.21 bits per heavy atom. The van der Waals surface area contributed by atoms with E-state index in [1.54, 1.807) is 35.7 Å². The topological polar surface area (TPSA) is 100 Å². The number of methoxy groups -OCH3 is 3. The summed E-state index contributed by atoms with van der Waals surface area (Å²) in [6.45, 7) is 1.31. The van der Waals surface area contributed by atoms with E-state index in [0.29, 0.717) is 33.3 Å². The number of benzene rings is 2. The largest absolute Gasteiger partial charge is 0.496 e. The van der Waals surface area contributed by atoms with E-state index in [1.807, 2.05) is 0 Å². The van der Waals surface area contributed by atoms with Gasteiger partial charge in [-0.2, -0.15) is 0 Å². The number of thiophene rings is 1. The molecule has 1 amide bonds. The second-order valence-corrected chi connectivity index (χ2v) is 7.79. The van der Waals surface area contributed by atoms with Gasteiger partial charge in [-0.25, -0.2) is 4.79 Å². The van der Waals surface area contributed by atoms with Gasteiger partial charge in [-0.05, 0) is 36.6 Å². The molecule has 0 atom stereocenters. The molecule has 8 nitrogen and oxygen atoms in total. The molecule has 0 aliphatic rings. The molecule has 0 saturated carbocycles. The number of carbonyl (C=O) groups excluding carboxylic acids is 3. The second-order valence-electron chi connectivity index (χ2n) is 6.84. The van der Waals surface area contributed by atoms with E-state index in [1.165, 1.54) is 51.7 Å². The van der Waals surface area contributed by atoms with Crippen LogP contribution >= 0.6 is 11.3 Å². The molecule has 3 aromatic rings. The average molecular weight is 470 g/mol. The molecule has 0 spiro atoms. The molecule has 1 aromatic heterocycles. The lowest BCUT2D eigenvalue weighted by molar-refractivity contribution is 0.0471. The SMILES string of the molecule is COc1ccc(C(C)=O)cc1COC(=O)c1cc(OC)c(OC)cc1NC(=O)c1cccs1. The molecule has 0 bridgehead atoms. The first-order valence-corrected chi connectivity index (χ1v) is 10.7. The number of carbonyl (C=O) groups is 3. The Bertz CT molecular complexity index is 1170. The third-order valence-electron chi connectivity index (χ3n) is 4.78. The highest BCUT2D eigenvalue weighted by atomic mass is 32.1. The Hall–Kier alpha value is -3.85. The van der Waals surface area contributed by atoms with Gasteiger partial charge in [-0.1, -0.05) is 6.07 Å². The van der Waals surface area contributed by atoms with Crippen molar-refractivity contribution in [1.82, 2.24) is 0 Å². The van der Waals surface area contributed by atoms with Crippen molar-refractivity contribution in [3.8, 4) is 17.2 Å². The fourth-order valence-electron chi connectivity index (χ4n) is 3.07. The maximum absolute atomic E-state index is 13.0. The van der Waals surface area contributed by atoms with Crippen molar-refractivity contribution in [3.63, 3.8) is 0 Å². The van der Waals surface area contributed by atoms with Crippen molar-refractivity contribution >= 4 is 34.7 Å². The van der Waals surface area contributed by atoms with Crippen molar-refractivity contribution < 1.29 is 33.3 Å². The minimum Gasteiger partial charge on any atom is -0.496 e. The minimum absolute atomic E-state index is 0.0826. The number of amides is 1. The van der Waals surface area contributed by atoms with E-state index in [2.05, 4.69) is 5.32 Å². The third-order valence-corrected chi connectivity index (χ3v) is 5.65. The van der Waals surface area contributed by atoms with Crippen molar-refractivity contribution in [2.75, 3.05) is 26.6 Å². The maximum atomic E-state index is 13.0. The number of hydrogen-bond donors (Lipinski definition) is 1. The van der Waals surface area contributed by atoms with Gasteiger partial charge in [0.1, 0.15) is 12.4 Å². The van der Waals surface area contributed by atoms with Crippen LogP contribution in [0, 0.1) is 0 Å². The minimum atomic E-state index is -0.701. The van der Waals surface area contributed by atoms with E-state index >= 15 is 0 Å². The fourth-order valence-corrected chi connectivity index (χ4v) is 3.69. The molecule has 2 aromatic carbocycles. The molecule has 0 saturated heterocycles. The average Bonchev–Trinajstić information content (AvgIpc) is 3.37. The lowest BCUT2D eigenvalue weighted by Gasteiger charge is -2.16. The summed E-state index contributed by atoms with van der Waals surface area (Å²) in [7, 11) is 4.38. The molecule has 1 heterocycles. The van der Waals surface area contributed by atoms with Gasteiger partial charge in [0, 0.05) is 23.3 Å². The number of ether oxygens (including phenoxy) is 4. The molecule has 0 unspecified atom stereocenters. The first kappa shape index (κ1) is 23.8. The van der Waals surface area contributed by atoms with Crippen LogP contribution in [0.15, 0.2) is 47.8 Å². The Morgan fingerprint density at radius 2 is 1.61 bits per heavy atom. The van der Waals surface area contributed by atoms with E-state index in [4.69, 9.17) is 18.9 Å². The van der Waals surface area contributed by atoms with Gasteiger partial charge in [-0.3, -0.25) is 9.59 Å². The maximum Gasteiger partial charge on any atom is 0.340 e. The molecule has 0 aliphatic heterocycles. The standard InChI is InChI=1S/C24H23NO7S/c1-14(26)15-7-8-19(29-2)16(10-15)13-32-24(28)17-11-20(30-3)21(31-4)12-18(17)25-23(27)22-6-5-9-33-22/h5-12H,13H2,1-4H3,(H,25,27). The third kappa shape index (κ3) is 5.50. The Balaban J connectivity index is 1.90. The van der Waals surface area contributed by atoms with Crippen LogP contribution in [0.1, 0.15) is 42.9 Å². The molecule has 0 aliphatic carbocycles. The van der Waals surface area contributed by atoms with Gasteiger partial charge in [0.05, 0.1) is 37.5 Å².